The largest absolute Gasteiger partial charge is 0.497 e. The van der Waals surface area contributed by atoms with Gasteiger partial charge in [0.1, 0.15) is 11.8 Å². The average molecular weight is 448 g/mol. The van der Waals surface area contributed by atoms with Crippen LogP contribution in [0.25, 0.3) is 0 Å². The smallest absolute Gasteiger partial charge is 0.242 e. The van der Waals surface area contributed by atoms with E-state index in [2.05, 4.69) is 5.32 Å². The Kier molecular flexibility index (Phi) is 8.58. The average Bonchev–Trinajstić information content (AvgIpc) is 2.76. The predicted molar refractivity (Wildman–Crippen MR) is 119 cm³/mol. The second-order valence-electron chi connectivity index (χ2n) is 7.18. The number of benzene rings is 2. The van der Waals surface area contributed by atoms with E-state index in [1.807, 2.05) is 6.07 Å². The minimum absolute atomic E-state index is 0.0656. The van der Waals surface area contributed by atoms with Crippen molar-refractivity contribution in [3.8, 4) is 5.75 Å². The monoisotopic (exact) mass is 447 g/mol. The molecule has 0 bridgehead atoms. The lowest BCUT2D eigenvalue weighted by Crippen LogP contribution is -2.50. The summed E-state index contributed by atoms with van der Waals surface area (Å²) in [6.45, 7) is 1.46. The highest BCUT2D eigenvalue weighted by molar-refractivity contribution is 7.88. The second kappa shape index (κ2) is 10.9. The van der Waals surface area contributed by atoms with Crippen molar-refractivity contribution in [2.24, 2.45) is 0 Å². The van der Waals surface area contributed by atoms with Gasteiger partial charge in [-0.15, -0.1) is 0 Å². The molecule has 2 aromatic carbocycles. The minimum atomic E-state index is -3.66. The molecule has 2 rings (SSSR count). The molecular weight excluding hydrogens is 418 g/mol. The van der Waals surface area contributed by atoms with Crippen LogP contribution in [0, 0.1) is 0 Å². The SMILES string of the molecule is CNC(=O)C(C)N(Cc1ccc(OC)cc1)C(=O)CN(Cc1ccccc1)S(C)(=O)=O. The van der Waals surface area contributed by atoms with Crippen LogP contribution < -0.4 is 10.1 Å². The van der Waals surface area contributed by atoms with Crippen LogP contribution in [0.3, 0.4) is 0 Å². The molecule has 0 heterocycles. The van der Waals surface area contributed by atoms with Crippen LogP contribution >= 0.6 is 0 Å². The fourth-order valence-electron chi connectivity index (χ4n) is 3.04. The molecule has 168 valence electrons. The van der Waals surface area contributed by atoms with Crippen LogP contribution in [0.4, 0.5) is 0 Å². The van der Waals surface area contributed by atoms with Crippen molar-refractivity contribution >= 4 is 21.8 Å². The Labute approximate surface area is 183 Å². The molecule has 8 nitrogen and oxygen atoms in total. The van der Waals surface area contributed by atoms with E-state index in [1.54, 1.807) is 62.6 Å². The molecule has 1 unspecified atom stereocenters. The number of nitrogens with zero attached hydrogens (tertiary/aromatic N) is 2. The zero-order valence-corrected chi connectivity index (χ0v) is 19.1. The second-order valence-corrected chi connectivity index (χ2v) is 9.16. The van der Waals surface area contributed by atoms with Gasteiger partial charge >= 0.3 is 0 Å². The third-order valence-corrected chi connectivity index (χ3v) is 6.10. The van der Waals surface area contributed by atoms with Crippen molar-refractivity contribution < 1.29 is 22.7 Å². The van der Waals surface area contributed by atoms with Gasteiger partial charge in [0.2, 0.25) is 21.8 Å². The van der Waals surface area contributed by atoms with E-state index in [0.717, 1.165) is 21.7 Å². The van der Waals surface area contributed by atoms with Gasteiger partial charge in [0.15, 0.2) is 0 Å². The number of ether oxygens (including phenoxy) is 1. The highest BCUT2D eigenvalue weighted by Crippen LogP contribution is 2.16. The van der Waals surface area contributed by atoms with E-state index in [1.165, 1.54) is 11.9 Å². The van der Waals surface area contributed by atoms with Crippen LogP contribution in [-0.2, 0) is 32.7 Å². The summed E-state index contributed by atoms with van der Waals surface area (Å²) in [5.74, 6) is -0.129. The molecule has 0 aliphatic heterocycles. The van der Waals surface area contributed by atoms with Gasteiger partial charge in [-0.1, -0.05) is 42.5 Å². The molecule has 0 aliphatic rings. The van der Waals surface area contributed by atoms with Crippen molar-refractivity contribution in [2.75, 3.05) is 27.0 Å². The summed E-state index contributed by atoms with van der Waals surface area (Å²) in [6.07, 6.45) is 1.07. The summed E-state index contributed by atoms with van der Waals surface area (Å²) in [5.41, 5.74) is 1.56. The highest BCUT2D eigenvalue weighted by Gasteiger charge is 2.29. The Bertz CT molecular complexity index is 978. The van der Waals surface area contributed by atoms with Gasteiger partial charge in [-0.25, -0.2) is 8.42 Å². The first-order valence-electron chi connectivity index (χ1n) is 9.78. The Morgan fingerprint density at radius 1 is 1.00 bits per heavy atom. The zero-order valence-electron chi connectivity index (χ0n) is 18.2. The number of carbonyl (C=O) groups excluding carboxylic acids is 2. The molecule has 0 saturated heterocycles. The predicted octanol–water partition coefficient (Wildman–Crippen LogP) is 1.62. The van der Waals surface area contributed by atoms with Crippen LogP contribution in [0.15, 0.2) is 54.6 Å². The van der Waals surface area contributed by atoms with E-state index in [-0.39, 0.29) is 25.5 Å². The lowest BCUT2D eigenvalue weighted by atomic mass is 10.1. The Morgan fingerprint density at radius 3 is 2.10 bits per heavy atom. The summed E-state index contributed by atoms with van der Waals surface area (Å²) in [5, 5.41) is 2.54. The van der Waals surface area contributed by atoms with E-state index in [4.69, 9.17) is 4.74 Å². The van der Waals surface area contributed by atoms with Crippen LogP contribution in [-0.4, -0.2) is 62.4 Å². The lowest BCUT2D eigenvalue weighted by molar-refractivity contribution is -0.140. The van der Waals surface area contributed by atoms with Gasteiger partial charge in [-0.05, 0) is 30.2 Å². The first-order chi connectivity index (χ1) is 14.7. The molecule has 2 aromatic rings. The fourth-order valence-corrected chi connectivity index (χ4v) is 3.77. The van der Waals surface area contributed by atoms with Gasteiger partial charge in [0.25, 0.3) is 0 Å². The topological polar surface area (TPSA) is 96.0 Å². The zero-order chi connectivity index (χ0) is 23.0. The number of hydrogen-bond acceptors (Lipinski definition) is 5. The molecule has 1 atom stereocenters. The number of carbonyl (C=O) groups is 2. The fraction of sp³-hybridized carbons (Fsp3) is 0.364. The number of rotatable bonds is 10. The molecule has 0 saturated carbocycles. The molecular formula is C22H29N3O5S. The summed E-state index contributed by atoms with van der Waals surface area (Å²) in [4.78, 5) is 26.8. The number of sulfonamides is 1. The maximum Gasteiger partial charge on any atom is 0.242 e. The Morgan fingerprint density at radius 2 is 1.58 bits per heavy atom. The van der Waals surface area contributed by atoms with Crippen molar-refractivity contribution in [3.63, 3.8) is 0 Å². The molecule has 0 fully saturated rings. The lowest BCUT2D eigenvalue weighted by Gasteiger charge is -2.30. The molecule has 31 heavy (non-hydrogen) atoms. The quantitative estimate of drug-likeness (QED) is 0.597. The van der Waals surface area contributed by atoms with E-state index < -0.39 is 22.0 Å². The Balaban J connectivity index is 2.27. The van der Waals surface area contributed by atoms with Crippen molar-refractivity contribution in [3.05, 3.63) is 65.7 Å². The van der Waals surface area contributed by atoms with Gasteiger partial charge in [0, 0.05) is 20.1 Å². The standard InChI is InChI=1S/C22H29N3O5S/c1-17(22(27)23-2)25(15-19-10-12-20(30-3)13-11-19)21(26)16-24(31(4,28)29)14-18-8-6-5-7-9-18/h5-13,17H,14-16H2,1-4H3,(H,23,27). The number of likely N-dealkylation sites (N-methyl/N-ethyl adjacent to an activating group) is 1. The molecule has 0 aliphatic carbocycles. The number of hydrogen-bond donors (Lipinski definition) is 1. The summed E-state index contributed by atoms with van der Waals surface area (Å²) >= 11 is 0. The van der Waals surface area contributed by atoms with Gasteiger partial charge in [-0.2, -0.15) is 4.31 Å². The van der Waals surface area contributed by atoms with E-state index >= 15 is 0 Å². The first kappa shape index (κ1) is 24.4. The summed E-state index contributed by atoms with van der Waals surface area (Å²) in [7, 11) is -0.603. The maximum atomic E-state index is 13.2. The number of methoxy groups -OCH3 is 1. The van der Waals surface area contributed by atoms with Crippen LogP contribution in [0.1, 0.15) is 18.1 Å². The van der Waals surface area contributed by atoms with E-state index in [0.29, 0.717) is 5.75 Å². The van der Waals surface area contributed by atoms with Crippen LogP contribution in [0.5, 0.6) is 5.75 Å². The number of amides is 2. The van der Waals surface area contributed by atoms with Gasteiger partial charge in [-0.3, -0.25) is 9.59 Å². The van der Waals surface area contributed by atoms with Crippen LogP contribution in [0.2, 0.25) is 0 Å². The normalized spacial score (nSPS) is 12.3. The maximum absolute atomic E-state index is 13.2. The first-order valence-corrected chi connectivity index (χ1v) is 11.6. The van der Waals surface area contributed by atoms with Crippen molar-refractivity contribution in [2.45, 2.75) is 26.1 Å². The molecule has 0 aromatic heterocycles. The highest BCUT2D eigenvalue weighted by atomic mass is 32.2. The van der Waals surface area contributed by atoms with Gasteiger partial charge in [0.05, 0.1) is 19.9 Å². The van der Waals surface area contributed by atoms with Crippen molar-refractivity contribution in [1.82, 2.24) is 14.5 Å². The van der Waals surface area contributed by atoms with E-state index in [9.17, 15) is 18.0 Å². The Hall–Kier alpha value is -2.91. The van der Waals surface area contributed by atoms with Crippen molar-refractivity contribution in [1.29, 1.82) is 0 Å². The molecule has 1 N–H and O–H groups in total. The third kappa shape index (κ3) is 7.08. The molecule has 9 heteroatoms. The number of nitrogens with one attached hydrogen (secondary N) is 1. The molecule has 2 amide bonds. The summed E-state index contributed by atoms with van der Waals surface area (Å²) in [6, 6.07) is 15.4. The third-order valence-electron chi connectivity index (χ3n) is 4.91. The van der Waals surface area contributed by atoms with Gasteiger partial charge < -0.3 is 15.0 Å². The summed E-state index contributed by atoms with van der Waals surface area (Å²) < 4.78 is 31.0. The molecule has 0 spiro atoms. The molecule has 0 radical (unpaired) electrons. The minimum Gasteiger partial charge on any atom is -0.497 e.